The molecule has 1 aromatic carbocycles. The first kappa shape index (κ1) is 16.6. The molecule has 0 unspecified atom stereocenters. The van der Waals surface area contributed by atoms with Gasteiger partial charge in [0.15, 0.2) is 0 Å². The van der Waals surface area contributed by atoms with E-state index in [-0.39, 0.29) is 11.9 Å². The van der Waals surface area contributed by atoms with Gasteiger partial charge < -0.3 is 14.7 Å². The van der Waals surface area contributed by atoms with E-state index >= 15 is 0 Å². The van der Waals surface area contributed by atoms with Gasteiger partial charge in [-0.2, -0.15) is 0 Å². The van der Waals surface area contributed by atoms with Crippen LogP contribution < -0.4 is 5.32 Å². The molecule has 0 radical (unpaired) electrons. The van der Waals surface area contributed by atoms with Crippen LogP contribution in [0.25, 0.3) is 11.3 Å². The van der Waals surface area contributed by atoms with Gasteiger partial charge in [-0.3, -0.25) is 4.79 Å². The molecule has 0 atom stereocenters. The van der Waals surface area contributed by atoms with Gasteiger partial charge in [0.2, 0.25) is 0 Å². The molecule has 1 N–H and O–H groups in total. The molecule has 1 saturated heterocycles. The normalized spacial score (nSPS) is 19.1. The van der Waals surface area contributed by atoms with Crippen LogP contribution in [-0.2, 0) is 0 Å². The van der Waals surface area contributed by atoms with E-state index in [0.29, 0.717) is 22.0 Å². The minimum absolute atomic E-state index is 0.126. The molecule has 1 aliphatic heterocycles. The second-order valence-electron chi connectivity index (χ2n) is 6.96. The van der Waals surface area contributed by atoms with E-state index in [1.807, 2.05) is 18.2 Å². The Hall–Kier alpha value is -1.85. The van der Waals surface area contributed by atoms with Crippen molar-refractivity contribution in [2.75, 3.05) is 13.1 Å². The van der Waals surface area contributed by atoms with Crippen LogP contribution in [0.5, 0.6) is 0 Å². The highest BCUT2D eigenvalue weighted by molar-refractivity contribution is 6.33. The van der Waals surface area contributed by atoms with E-state index < -0.39 is 0 Å². The van der Waals surface area contributed by atoms with Crippen LogP contribution in [0, 0.1) is 6.92 Å². The molecule has 25 heavy (non-hydrogen) atoms. The number of piperidine rings is 1. The third-order valence-corrected chi connectivity index (χ3v) is 5.48. The van der Waals surface area contributed by atoms with Crippen molar-refractivity contribution < 1.29 is 9.32 Å². The molecule has 1 saturated carbocycles. The fourth-order valence-electron chi connectivity index (χ4n) is 3.58. The van der Waals surface area contributed by atoms with Gasteiger partial charge in [-0.25, -0.2) is 0 Å². The lowest BCUT2D eigenvalue weighted by atomic mass is 10.0. The Bertz CT molecular complexity index is 777. The molecule has 1 amide bonds. The third kappa shape index (κ3) is 3.44. The fraction of sp³-hybridized carbons (Fsp3) is 0.474. The summed E-state index contributed by atoms with van der Waals surface area (Å²) in [6.07, 6.45) is 4.65. The Balaban J connectivity index is 1.49. The fourth-order valence-corrected chi connectivity index (χ4v) is 3.81. The Kier molecular flexibility index (Phi) is 4.52. The third-order valence-electron chi connectivity index (χ3n) is 5.15. The van der Waals surface area contributed by atoms with Crippen molar-refractivity contribution in [3.05, 3.63) is 40.6 Å². The SMILES string of the molecule is Cc1onc(-c2ccccc2Cl)c1C(=O)NC1CCN(C2CC2)CC1. The molecule has 5 nitrogen and oxygen atoms in total. The van der Waals surface area contributed by atoms with Gasteiger partial charge >= 0.3 is 0 Å². The number of carbonyl (C=O) groups excluding carboxylic acids is 1. The first-order valence-electron chi connectivity index (χ1n) is 8.89. The molecule has 0 bridgehead atoms. The number of aromatic nitrogens is 1. The predicted molar refractivity (Wildman–Crippen MR) is 96.8 cm³/mol. The van der Waals surface area contributed by atoms with Crippen LogP contribution in [0.4, 0.5) is 0 Å². The van der Waals surface area contributed by atoms with Crippen molar-refractivity contribution in [2.24, 2.45) is 0 Å². The molecule has 4 rings (SSSR count). The highest BCUT2D eigenvalue weighted by Crippen LogP contribution is 2.32. The summed E-state index contributed by atoms with van der Waals surface area (Å²) in [4.78, 5) is 15.4. The van der Waals surface area contributed by atoms with Crippen LogP contribution in [0.3, 0.4) is 0 Å². The number of carbonyl (C=O) groups is 1. The molecule has 1 aliphatic carbocycles. The Morgan fingerprint density at radius 1 is 1.24 bits per heavy atom. The van der Waals surface area contributed by atoms with Crippen LogP contribution in [0.15, 0.2) is 28.8 Å². The molecule has 1 aromatic heterocycles. The average Bonchev–Trinajstić information content (AvgIpc) is 3.38. The molecule has 6 heteroatoms. The van der Waals surface area contributed by atoms with E-state index in [9.17, 15) is 4.79 Å². The number of halogens is 1. The molecule has 2 aliphatic rings. The zero-order valence-electron chi connectivity index (χ0n) is 14.3. The summed E-state index contributed by atoms with van der Waals surface area (Å²) in [7, 11) is 0. The van der Waals surface area contributed by atoms with E-state index in [1.54, 1.807) is 13.0 Å². The van der Waals surface area contributed by atoms with E-state index in [0.717, 1.165) is 37.5 Å². The van der Waals surface area contributed by atoms with E-state index in [1.165, 1.54) is 12.8 Å². The summed E-state index contributed by atoms with van der Waals surface area (Å²) < 4.78 is 5.29. The Morgan fingerprint density at radius 3 is 2.64 bits per heavy atom. The molecule has 2 fully saturated rings. The highest BCUT2D eigenvalue weighted by atomic mass is 35.5. The lowest BCUT2D eigenvalue weighted by Crippen LogP contribution is -2.45. The second kappa shape index (κ2) is 6.81. The smallest absolute Gasteiger partial charge is 0.257 e. The van der Waals surface area contributed by atoms with Crippen LogP contribution in [-0.4, -0.2) is 41.1 Å². The van der Waals surface area contributed by atoms with Crippen molar-refractivity contribution in [3.8, 4) is 11.3 Å². The summed E-state index contributed by atoms with van der Waals surface area (Å²) in [5.41, 5.74) is 1.71. The summed E-state index contributed by atoms with van der Waals surface area (Å²) in [5, 5.41) is 7.80. The van der Waals surface area contributed by atoms with Gasteiger partial charge in [-0.15, -0.1) is 0 Å². The molecular formula is C19H22ClN3O2. The largest absolute Gasteiger partial charge is 0.360 e. The van der Waals surface area contributed by atoms with Crippen molar-refractivity contribution >= 4 is 17.5 Å². The molecule has 132 valence electrons. The number of hydrogen-bond donors (Lipinski definition) is 1. The van der Waals surface area contributed by atoms with Gasteiger partial charge in [0, 0.05) is 30.7 Å². The predicted octanol–water partition coefficient (Wildman–Crippen LogP) is 3.66. The molecular weight excluding hydrogens is 338 g/mol. The monoisotopic (exact) mass is 359 g/mol. The van der Waals surface area contributed by atoms with Gasteiger partial charge in [-0.05, 0) is 38.7 Å². The number of benzene rings is 1. The molecule has 2 aromatic rings. The van der Waals surface area contributed by atoms with E-state index in [2.05, 4.69) is 15.4 Å². The quantitative estimate of drug-likeness (QED) is 0.905. The lowest BCUT2D eigenvalue weighted by molar-refractivity contribution is 0.0908. The maximum atomic E-state index is 12.9. The van der Waals surface area contributed by atoms with Crippen LogP contribution in [0.1, 0.15) is 41.8 Å². The number of amides is 1. The van der Waals surface area contributed by atoms with Crippen molar-refractivity contribution in [1.29, 1.82) is 0 Å². The number of aryl methyl sites for hydroxylation is 1. The summed E-state index contributed by atoms with van der Waals surface area (Å²) in [6.45, 7) is 3.89. The Labute approximate surface area is 152 Å². The van der Waals surface area contributed by atoms with Gasteiger partial charge in [-0.1, -0.05) is 35.0 Å². The summed E-state index contributed by atoms with van der Waals surface area (Å²) in [5.74, 6) is 0.390. The van der Waals surface area contributed by atoms with Crippen LogP contribution >= 0.6 is 11.6 Å². The lowest BCUT2D eigenvalue weighted by Gasteiger charge is -2.32. The summed E-state index contributed by atoms with van der Waals surface area (Å²) in [6, 6.07) is 8.37. The van der Waals surface area contributed by atoms with Crippen molar-refractivity contribution in [2.45, 2.75) is 44.7 Å². The number of hydrogen-bond acceptors (Lipinski definition) is 4. The minimum atomic E-state index is -0.126. The average molecular weight is 360 g/mol. The van der Waals surface area contributed by atoms with Gasteiger partial charge in [0.1, 0.15) is 17.0 Å². The first-order valence-corrected chi connectivity index (χ1v) is 9.27. The van der Waals surface area contributed by atoms with Gasteiger partial charge in [0.05, 0.1) is 5.02 Å². The minimum Gasteiger partial charge on any atom is -0.360 e. The number of likely N-dealkylation sites (tertiary alicyclic amines) is 1. The maximum absolute atomic E-state index is 12.9. The number of rotatable bonds is 4. The number of nitrogens with one attached hydrogen (secondary N) is 1. The Morgan fingerprint density at radius 2 is 1.96 bits per heavy atom. The molecule has 2 heterocycles. The second-order valence-corrected chi connectivity index (χ2v) is 7.36. The maximum Gasteiger partial charge on any atom is 0.257 e. The molecule has 0 spiro atoms. The summed E-state index contributed by atoms with van der Waals surface area (Å²) >= 11 is 6.27. The zero-order valence-corrected chi connectivity index (χ0v) is 15.1. The highest BCUT2D eigenvalue weighted by Gasteiger charge is 2.33. The zero-order chi connectivity index (χ0) is 17.4. The number of nitrogens with zero attached hydrogens (tertiary/aromatic N) is 2. The standard InChI is InChI=1S/C19H22ClN3O2/c1-12-17(18(22-25-12)15-4-2-3-5-16(15)20)19(24)21-13-8-10-23(11-9-13)14-6-7-14/h2-5,13-14H,6-11H2,1H3,(H,21,24). The van der Waals surface area contributed by atoms with E-state index in [4.69, 9.17) is 16.1 Å². The first-order chi connectivity index (χ1) is 12.1. The van der Waals surface area contributed by atoms with Crippen molar-refractivity contribution in [3.63, 3.8) is 0 Å². The van der Waals surface area contributed by atoms with Crippen molar-refractivity contribution in [1.82, 2.24) is 15.4 Å². The van der Waals surface area contributed by atoms with Crippen LogP contribution in [0.2, 0.25) is 5.02 Å². The topological polar surface area (TPSA) is 58.4 Å². The van der Waals surface area contributed by atoms with Gasteiger partial charge in [0.25, 0.3) is 5.91 Å².